The molecule has 0 aliphatic carbocycles. The minimum Gasteiger partial charge on any atom is -0.494 e. The van der Waals surface area contributed by atoms with E-state index in [2.05, 4.69) is 25.2 Å². The predicted molar refractivity (Wildman–Crippen MR) is 126 cm³/mol. The van der Waals surface area contributed by atoms with E-state index in [0.717, 1.165) is 44.1 Å². The molecule has 2 rings (SSSR count). The Morgan fingerprint density at radius 2 is 2.00 bits per heavy atom. The fourth-order valence-corrected chi connectivity index (χ4v) is 4.11. The lowest BCUT2D eigenvalue weighted by Crippen LogP contribution is -2.55. The summed E-state index contributed by atoms with van der Waals surface area (Å²) in [6.07, 6.45) is 7.50. The average Bonchev–Trinajstić information content (AvgIpc) is 2.83. The zero-order valence-electron chi connectivity index (χ0n) is 19.9. The van der Waals surface area contributed by atoms with Crippen molar-refractivity contribution in [2.75, 3.05) is 19.8 Å². The van der Waals surface area contributed by atoms with Crippen LogP contribution in [-0.2, 0) is 14.3 Å². The SMILES string of the molecule is CCCCC1(CCCC)Oc2ccc(C#N)cc2[C@@H](N/C=C(\COCC=C=O)OCC)[C@@H]1O. The van der Waals surface area contributed by atoms with Crippen LogP contribution in [0.15, 0.2) is 36.2 Å². The van der Waals surface area contributed by atoms with Gasteiger partial charge in [0.05, 0.1) is 30.9 Å². The van der Waals surface area contributed by atoms with Crippen molar-refractivity contribution in [2.45, 2.75) is 77.0 Å². The van der Waals surface area contributed by atoms with Crippen LogP contribution >= 0.6 is 0 Å². The van der Waals surface area contributed by atoms with Crippen molar-refractivity contribution in [1.29, 1.82) is 5.26 Å². The second kappa shape index (κ2) is 13.7. The van der Waals surface area contributed by atoms with Crippen LogP contribution in [0.5, 0.6) is 5.75 Å². The van der Waals surface area contributed by atoms with Gasteiger partial charge in [-0.15, -0.1) is 0 Å². The molecule has 0 unspecified atom stereocenters. The molecule has 0 spiro atoms. The molecule has 1 aromatic carbocycles. The number of nitriles is 1. The number of ether oxygens (including phenoxy) is 3. The van der Waals surface area contributed by atoms with Gasteiger partial charge in [0.25, 0.3) is 0 Å². The normalized spacial score (nSPS) is 18.9. The van der Waals surface area contributed by atoms with Gasteiger partial charge in [-0.05, 0) is 50.8 Å². The molecule has 1 aliphatic heterocycles. The molecule has 0 bridgehead atoms. The monoisotopic (exact) mass is 456 g/mol. The summed E-state index contributed by atoms with van der Waals surface area (Å²) in [5.74, 6) is 2.90. The van der Waals surface area contributed by atoms with E-state index in [1.165, 1.54) is 6.08 Å². The molecule has 0 saturated carbocycles. The number of nitrogens with zero attached hydrogens (tertiary/aromatic N) is 1. The molecule has 0 fully saturated rings. The molecule has 0 amide bonds. The number of aliphatic hydroxyl groups excluding tert-OH is 1. The fraction of sp³-hybridized carbons (Fsp3) is 0.577. The van der Waals surface area contributed by atoms with Crippen molar-refractivity contribution < 1.29 is 24.1 Å². The molecule has 180 valence electrons. The van der Waals surface area contributed by atoms with E-state index in [1.807, 2.05) is 13.0 Å². The number of nitrogens with one attached hydrogen (secondary N) is 1. The third-order valence-corrected chi connectivity index (χ3v) is 5.83. The van der Waals surface area contributed by atoms with Crippen molar-refractivity contribution in [3.63, 3.8) is 0 Å². The van der Waals surface area contributed by atoms with Crippen molar-refractivity contribution in [3.8, 4) is 11.8 Å². The maximum Gasteiger partial charge on any atom is 0.137 e. The van der Waals surface area contributed by atoms with Gasteiger partial charge in [-0.3, -0.25) is 0 Å². The van der Waals surface area contributed by atoms with Crippen LogP contribution in [0.1, 0.15) is 76.5 Å². The van der Waals surface area contributed by atoms with Gasteiger partial charge in [-0.2, -0.15) is 5.26 Å². The van der Waals surface area contributed by atoms with Crippen LogP contribution in [0.25, 0.3) is 0 Å². The number of hydrogen-bond acceptors (Lipinski definition) is 7. The molecule has 1 aromatic rings. The Balaban J connectivity index is 2.41. The second-order valence-corrected chi connectivity index (χ2v) is 8.21. The van der Waals surface area contributed by atoms with E-state index in [0.29, 0.717) is 23.7 Å². The molecule has 0 aromatic heterocycles. The lowest BCUT2D eigenvalue weighted by atomic mass is 9.77. The highest BCUT2D eigenvalue weighted by Crippen LogP contribution is 2.45. The molecule has 1 heterocycles. The number of unbranched alkanes of at least 4 members (excludes halogenated alkanes) is 2. The molecule has 7 heteroatoms. The zero-order valence-corrected chi connectivity index (χ0v) is 19.9. The molecular formula is C26H36N2O5. The number of fused-ring (bicyclic) bond motifs is 1. The Labute approximate surface area is 197 Å². The summed E-state index contributed by atoms with van der Waals surface area (Å²) in [6, 6.07) is 7.01. The Morgan fingerprint density at radius 1 is 1.27 bits per heavy atom. The number of hydrogen-bond donors (Lipinski definition) is 2. The summed E-state index contributed by atoms with van der Waals surface area (Å²) in [4.78, 5) is 10.3. The molecule has 1 aliphatic rings. The minimum atomic E-state index is -0.824. The van der Waals surface area contributed by atoms with Gasteiger partial charge in [0.2, 0.25) is 0 Å². The minimum absolute atomic E-state index is 0.138. The van der Waals surface area contributed by atoms with E-state index < -0.39 is 17.7 Å². The Morgan fingerprint density at radius 3 is 2.61 bits per heavy atom. The highest BCUT2D eigenvalue weighted by atomic mass is 16.5. The van der Waals surface area contributed by atoms with Crippen molar-refractivity contribution in [2.24, 2.45) is 0 Å². The van der Waals surface area contributed by atoms with Crippen LogP contribution in [0.3, 0.4) is 0 Å². The maximum absolute atomic E-state index is 11.6. The summed E-state index contributed by atoms with van der Waals surface area (Å²) in [5, 5.41) is 24.3. The molecule has 2 atom stereocenters. The van der Waals surface area contributed by atoms with E-state index in [1.54, 1.807) is 24.3 Å². The number of rotatable bonds is 14. The fourth-order valence-electron chi connectivity index (χ4n) is 4.11. The summed E-state index contributed by atoms with van der Waals surface area (Å²) >= 11 is 0. The lowest BCUT2D eigenvalue weighted by Gasteiger charge is -2.47. The first-order valence-corrected chi connectivity index (χ1v) is 11.8. The van der Waals surface area contributed by atoms with Gasteiger partial charge in [0, 0.05) is 17.8 Å². The Hall–Kier alpha value is -2.78. The summed E-state index contributed by atoms with van der Waals surface area (Å²) < 4.78 is 17.6. The summed E-state index contributed by atoms with van der Waals surface area (Å²) in [7, 11) is 0. The van der Waals surface area contributed by atoms with Gasteiger partial charge < -0.3 is 24.6 Å². The van der Waals surface area contributed by atoms with Gasteiger partial charge in [-0.25, -0.2) is 4.79 Å². The number of carbonyl (C=O) groups excluding carboxylic acids is 1. The van der Waals surface area contributed by atoms with Crippen LogP contribution in [0.4, 0.5) is 0 Å². The van der Waals surface area contributed by atoms with Crippen molar-refractivity contribution in [3.05, 3.63) is 47.4 Å². The molecule has 33 heavy (non-hydrogen) atoms. The van der Waals surface area contributed by atoms with Gasteiger partial charge in [-0.1, -0.05) is 26.7 Å². The van der Waals surface area contributed by atoms with E-state index in [4.69, 9.17) is 14.2 Å². The molecule has 0 saturated heterocycles. The van der Waals surface area contributed by atoms with Crippen LogP contribution in [-0.4, -0.2) is 42.6 Å². The smallest absolute Gasteiger partial charge is 0.137 e. The predicted octanol–water partition coefficient (Wildman–Crippen LogP) is 4.34. The third-order valence-electron chi connectivity index (χ3n) is 5.83. The lowest BCUT2D eigenvalue weighted by molar-refractivity contribution is -0.0975. The van der Waals surface area contributed by atoms with Gasteiger partial charge in [0.1, 0.15) is 35.8 Å². The quantitative estimate of drug-likeness (QED) is 0.244. The number of aliphatic hydroxyl groups is 1. The molecular weight excluding hydrogens is 420 g/mol. The molecule has 0 radical (unpaired) electrons. The van der Waals surface area contributed by atoms with E-state index >= 15 is 0 Å². The second-order valence-electron chi connectivity index (χ2n) is 8.21. The third kappa shape index (κ3) is 7.10. The van der Waals surface area contributed by atoms with Crippen molar-refractivity contribution in [1.82, 2.24) is 5.32 Å². The van der Waals surface area contributed by atoms with E-state index in [-0.39, 0.29) is 13.2 Å². The Kier molecular flexibility index (Phi) is 11.0. The summed E-state index contributed by atoms with van der Waals surface area (Å²) in [6.45, 7) is 6.88. The largest absolute Gasteiger partial charge is 0.494 e. The highest BCUT2D eigenvalue weighted by Gasteiger charge is 2.48. The van der Waals surface area contributed by atoms with Crippen LogP contribution < -0.4 is 10.1 Å². The first kappa shape index (κ1) is 26.5. The highest BCUT2D eigenvalue weighted by molar-refractivity contribution is 5.47. The average molecular weight is 457 g/mol. The zero-order chi connectivity index (χ0) is 24.1. The van der Waals surface area contributed by atoms with Crippen LogP contribution in [0, 0.1) is 11.3 Å². The molecule has 2 N–H and O–H groups in total. The van der Waals surface area contributed by atoms with Gasteiger partial charge in [0.15, 0.2) is 0 Å². The van der Waals surface area contributed by atoms with E-state index in [9.17, 15) is 15.2 Å². The first-order valence-electron chi connectivity index (χ1n) is 11.8. The standard InChI is InChI=1S/C26H36N2O5/c1-4-7-12-26(13-8-5-2)25(30)24(22-16-20(17-27)10-11-23(22)33-26)28-18-21(32-6-3)19-31-15-9-14-29/h9-11,16,18,24-25,28,30H,4-8,12-13,15,19H2,1-3H3/b21-18+/t24-,25+/m1/s1. The number of benzene rings is 1. The summed E-state index contributed by atoms with van der Waals surface area (Å²) in [5.41, 5.74) is 0.529. The maximum atomic E-state index is 11.6. The molecule has 7 nitrogen and oxygen atoms in total. The van der Waals surface area contributed by atoms with Crippen LogP contribution in [0.2, 0.25) is 0 Å². The Bertz CT molecular complexity index is 862. The first-order chi connectivity index (χ1) is 16.0. The van der Waals surface area contributed by atoms with Gasteiger partial charge >= 0.3 is 0 Å². The topological polar surface area (TPSA) is 101 Å². The van der Waals surface area contributed by atoms with Crippen molar-refractivity contribution >= 4 is 5.94 Å².